The summed E-state index contributed by atoms with van der Waals surface area (Å²) in [5, 5.41) is 6.23. The minimum absolute atomic E-state index is 0.495. The summed E-state index contributed by atoms with van der Waals surface area (Å²) in [7, 11) is 3.70. The Labute approximate surface area is 104 Å². The standard InChI is InChI=1S/C9H11Cl2N3S/c1-14(2)13-9(15)12-6-3-4-7(10)8(11)5-6/h3-5H,1-2H3,(H2,12,13,15). The van der Waals surface area contributed by atoms with Crippen LogP contribution in [0.25, 0.3) is 0 Å². The van der Waals surface area contributed by atoms with E-state index in [0.29, 0.717) is 15.2 Å². The van der Waals surface area contributed by atoms with Crippen LogP contribution in [0.2, 0.25) is 10.0 Å². The molecule has 1 rings (SSSR count). The van der Waals surface area contributed by atoms with Crippen molar-refractivity contribution >= 4 is 46.2 Å². The Morgan fingerprint density at radius 1 is 1.27 bits per heavy atom. The summed E-state index contributed by atoms with van der Waals surface area (Å²) < 4.78 is 0. The van der Waals surface area contributed by atoms with Crippen molar-refractivity contribution in [2.24, 2.45) is 0 Å². The molecule has 0 amide bonds. The van der Waals surface area contributed by atoms with Crippen molar-refractivity contribution in [2.45, 2.75) is 0 Å². The summed E-state index contributed by atoms with van der Waals surface area (Å²) in [6.45, 7) is 0. The van der Waals surface area contributed by atoms with Crippen molar-refractivity contribution in [3.8, 4) is 0 Å². The number of hydrogen-bond acceptors (Lipinski definition) is 2. The van der Waals surface area contributed by atoms with E-state index in [1.54, 1.807) is 23.2 Å². The Morgan fingerprint density at radius 3 is 2.47 bits per heavy atom. The zero-order valence-corrected chi connectivity index (χ0v) is 10.7. The topological polar surface area (TPSA) is 27.3 Å². The maximum absolute atomic E-state index is 5.86. The van der Waals surface area contributed by atoms with Crippen LogP contribution in [0, 0.1) is 0 Å². The van der Waals surface area contributed by atoms with Crippen molar-refractivity contribution in [1.82, 2.24) is 10.4 Å². The average Bonchev–Trinajstić information content (AvgIpc) is 2.10. The lowest BCUT2D eigenvalue weighted by molar-refractivity contribution is 0.365. The highest BCUT2D eigenvalue weighted by Crippen LogP contribution is 2.24. The van der Waals surface area contributed by atoms with Gasteiger partial charge in [-0.2, -0.15) is 0 Å². The van der Waals surface area contributed by atoms with Gasteiger partial charge in [0.15, 0.2) is 5.11 Å². The minimum atomic E-state index is 0.495. The molecule has 15 heavy (non-hydrogen) atoms. The second-order valence-corrected chi connectivity index (χ2v) is 4.31. The molecule has 2 N–H and O–H groups in total. The van der Waals surface area contributed by atoms with E-state index < -0.39 is 0 Å². The summed E-state index contributed by atoms with van der Waals surface area (Å²) >= 11 is 16.7. The summed E-state index contributed by atoms with van der Waals surface area (Å²) in [6.07, 6.45) is 0. The number of hydrogen-bond donors (Lipinski definition) is 2. The van der Waals surface area contributed by atoms with Crippen LogP contribution in [-0.2, 0) is 0 Å². The molecular formula is C9H11Cl2N3S. The molecule has 1 aromatic carbocycles. The van der Waals surface area contributed by atoms with Gasteiger partial charge in [0, 0.05) is 19.8 Å². The number of anilines is 1. The van der Waals surface area contributed by atoms with Gasteiger partial charge in [0.05, 0.1) is 10.0 Å². The molecule has 1 aromatic rings. The summed E-state index contributed by atoms with van der Waals surface area (Å²) in [6, 6.07) is 5.23. The molecule has 0 aromatic heterocycles. The van der Waals surface area contributed by atoms with Crippen LogP contribution in [0.4, 0.5) is 5.69 Å². The molecule has 0 spiro atoms. The van der Waals surface area contributed by atoms with Crippen molar-refractivity contribution in [3.63, 3.8) is 0 Å². The predicted octanol–water partition coefficient (Wildman–Crippen LogP) is 2.76. The first-order valence-electron chi connectivity index (χ1n) is 4.19. The highest BCUT2D eigenvalue weighted by Gasteiger charge is 2.01. The van der Waals surface area contributed by atoms with Gasteiger partial charge >= 0.3 is 0 Å². The van der Waals surface area contributed by atoms with Gasteiger partial charge in [-0.1, -0.05) is 23.2 Å². The molecule has 0 aliphatic carbocycles. The third-order valence-corrected chi connectivity index (χ3v) is 2.44. The highest BCUT2D eigenvalue weighted by atomic mass is 35.5. The Bertz CT molecular complexity index is 368. The fourth-order valence-corrected chi connectivity index (χ4v) is 1.53. The molecule has 3 nitrogen and oxygen atoms in total. The average molecular weight is 264 g/mol. The van der Waals surface area contributed by atoms with Crippen LogP contribution in [0.5, 0.6) is 0 Å². The van der Waals surface area contributed by atoms with E-state index in [9.17, 15) is 0 Å². The second-order valence-electron chi connectivity index (χ2n) is 3.09. The molecule has 0 fully saturated rings. The lowest BCUT2D eigenvalue weighted by Crippen LogP contribution is -2.38. The number of benzene rings is 1. The molecular weight excluding hydrogens is 253 g/mol. The molecule has 0 unspecified atom stereocenters. The van der Waals surface area contributed by atoms with Gasteiger partial charge in [-0.15, -0.1) is 0 Å². The zero-order chi connectivity index (χ0) is 11.4. The van der Waals surface area contributed by atoms with Crippen LogP contribution in [-0.4, -0.2) is 24.2 Å². The number of nitrogens with zero attached hydrogens (tertiary/aromatic N) is 1. The van der Waals surface area contributed by atoms with Gasteiger partial charge in [0.25, 0.3) is 0 Å². The van der Waals surface area contributed by atoms with E-state index in [2.05, 4.69) is 10.7 Å². The molecule has 0 aliphatic heterocycles. The van der Waals surface area contributed by atoms with E-state index in [4.69, 9.17) is 35.4 Å². The first-order valence-corrected chi connectivity index (χ1v) is 5.35. The number of rotatable bonds is 2. The lowest BCUT2D eigenvalue weighted by atomic mass is 10.3. The highest BCUT2D eigenvalue weighted by molar-refractivity contribution is 7.80. The van der Waals surface area contributed by atoms with Gasteiger partial charge in [-0.25, -0.2) is 5.01 Å². The van der Waals surface area contributed by atoms with Crippen LogP contribution >= 0.6 is 35.4 Å². The van der Waals surface area contributed by atoms with Crippen LogP contribution in [0.1, 0.15) is 0 Å². The Hall–Kier alpha value is -0.550. The van der Waals surface area contributed by atoms with Crippen molar-refractivity contribution in [1.29, 1.82) is 0 Å². The Balaban J connectivity index is 2.65. The Morgan fingerprint density at radius 2 is 1.93 bits per heavy atom. The SMILES string of the molecule is CN(C)NC(=S)Nc1ccc(Cl)c(Cl)c1. The third-order valence-electron chi connectivity index (χ3n) is 1.50. The van der Waals surface area contributed by atoms with E-state index >= 15 is 0 Å². The van der Waals surface area contributed by atoms with Gasteiger partial charge in [0.2, 0.25) is 0 Å². The second kappa shape index (κ2) is 5.51. The normalized spacial score (nSPS) is 10.2. The Kier molecular flexibility index (Phi) is 4.60. The van der Waals surface area contributed by atoms with E-state index in [-0.39, 0.29) is 0 Å². The van der Waals surface area contributed by atoms with Crippen LogP contribution in [0.3, 0.4) is 0 Å². The summed E-state index contributed by atoms with van der Waals surface area (Å²) in [5.41, 5.74) is 3.70. The summed E-state index contributed by atoms with van der Waals surface area (Å²) in [5.74, 6) is 0. The molecule has 0 radical (unpaired) electrons. The maximum Gasteiger partial charge on any atom is 0.185 e. The minimum Gasteiger partial charge on any atom is -0.332 e. The number of halogens is 2. The smallest absolute Gasteiger partial charge is 0.185 e. The largest absolute Gasteiger partial charge is 0.332 e. The molecule has 0 saturated carbocycles. The first-order chi connectivity index (χ1) is 6.99. The molecule has 6 heteroatoms. The fourth-order valence-electron chi connectivity index (χ4n) is 0.936. The van der Waals surface area contributed by atoms with Crippen molar-refractivity contribution in [3.05, 3.63) is 28.2 Å². The van der Waals surface area contributed by atoms with E-state index in [0.717, 1.165) is 5.69 Å². The van der Waals surface area contributed by atoms with E-state index in [1.807, 2.05) is 14.1 Å². The van der Waals surface area contributed by atoms with Gasteiger partial charge in [-0.3, -0.25) is 5.43 Å². The molecule has 0 saturated heterocycles. The van der Waals surface area contributed by atoms with E-state index in [1.165, 1.54) is 0 Å². The maximum atomic E-state index is 5.86. The molecule has 0 atom stereocenters. The van der Waals surface area contributed by atoms with Crippen molar-refractivity contribution in [2.75, 3.05) is 19.4 Å². The zero-order valence-electron chi connectivity index (χ0n) is 8.34. The first kappa shape index (κ1) is 12.5. The molecule has 82 valence electrons. The predicted molar refractivity (Wildman–Crippen MR) is 69.5 cm³/mol. The van der Waals surface area contributed by atoms with Gasteiger partial charge < -0.3 is 5.32 Å². The quantitative estimate of drug-likeness (QED) is 0.634. The lowest BCUT2D eigenvalue weighted by Gasteiger charge is -2.15. The van der Waals surface area contributed by atoms with Crippen LogP contribution in [0.15, 0.2) is 18.2 Å². The fraction of sp³-hybridized carbons (Fsp3) is 0.222. The molecule has 0 aliphatic rings. The van der Waals surface area contributed by atoms with Crippen LogP contribution < -0.4 is 10.7 Å². The number of nitrogens with one attached hydrogen (secondary N) is 2. The van der Waals surface area contributed by atoms with Gasteiger partial charge in [0.1, 0.15) is 0 Å². The number of thiocarbonyl (C=S) groups is 1. The number of hydrazine groups is 1. The third kappa shape index (κ3) is 4.22. The summed E-state index contributed by atoms with van der Waals surface area (Å²) in [4.78, 5) is 0. The monoisotopic (exact) mass is 263 g/mol. The van der Waals surface area contributed by atoms with Crippen molar-refractivity contribution < 1.29 is 0 Å². The molecule has 0 heterocycles. The molecule has 0 bridgehead atoms. The van der Waals surface area contributed by atoms with Gasteiger partial charge in [-0.05, 0) is 30.4 Å².